The summed E-state index contributed by atoms with van der Waals surface area (Å²) >= 11 is 0. The van der Waals surface area contributed by atoms with Gasteiger partial charge in [0.15, 0.2) is 11.9 Å². The molecule has 6 heteroatoms. The van der Waals surface area contributed by atoms with Crippen LogP contribution in [0.5, 0.6) is 0 Å². The molecule has 0 saturated carbocycles. The zero-order valence-electron chi connectivity index (χ0n) is 9.17. The Morgan fingerprint density at radius 1 is 1.67 bits per heavy atom. The number of esters is 1. The van der Waals surface area contributed by atoms with E-state index in [2.05, 4.69) is 10.1 Å². The van der Waals surface area contributed by atoms with Crippen LogP contribution < -0.4 is 5.73 Å². The van der Waals surface area contributed by atoms with Crippen molar-refractivity contribution < 1.29 is 9.53 Å². The maximum absolute atomic E-state index is 11.4. The van der Waals surface area contributed by atoms with Gasteiger partial charge < -0.3 is 10.5 Å². The third-order valence-corrected chi connectivity index (χ3v) is 1.91. The summed E-state index contributed by atoms with van der Waals surface area (Å²) in [6.07, 6.45) is 1.38. The molecule has 15 heavy (non-hydrogen) atoms. The molecule has 0 aliphatic carbocycles. The predicted octanol–water partition coefficient (Wildman–Crippen LogP) is 0.422. The average Bonchev–Trinajstić information content (AvgIpc) is 2.65. The molecule has 1 rings (SSSR count). The molecule has 0 spiro atoms. The second-order valence-electron chi connectivity index (χ2n) is 3.39. The summed E-state index contributed by atoms with van der Waals surface area (Å²) in [5, 5.41) is 4.00. The minimum Gasteiger partial charge on any atom is -0.464 e. The molecule has 0 amide bonds. The van der Waals surface area contributed by atoms with Crippen LogP contribution in [0.15, 0.2) is 6.33 Å². The number of rotatable bonds is 4. The monoisotopic (exact) mass is 212 g/mol. The van der Waals surface area contributed by atoms with Crippen molar-refractivity contribution in [3.8, 4) is 0 Å². The first-order valence-corrected chi connectivity index (χ1v) is 4.89. The topological polar surface area (TPSA) is 83.0 Å². The molecule has 2 N–H and O–H groups in total. The lowest BCUT2D eigenvalue weighted by Gasteiger charge is -2.13. The molecule has 1 heterocycles. The molecule has 1 aromatic rings. The molecule has 6 nitrogen and oxygen atoms in total. The summed E-state index contributed by atoms with van der Waals surface area (Å²) in [5.41, 5.74) is 5.71. The third-order valence-electron chi connectivity index (χ3n) is 1.91. The number of nitrogens with two attached hydrogens (primary N) is 1. The van der Waals surface area contributed by atoms with Gasteiger partial charge in [0.2, 0.25) is 0 Å². The Kier molecular flexibility index (Phi) is 3.79. The summed E-state index contributed by atoms with van der Waals surface area (Å²) < 4.78 is 6.43. The number of carbonyl (C=O) groups excluding carboxylic acids is 1. The molecule has 1 atom stereocenters. The second kappa shape index (κ2) is 4.88. The standard InChI is InChI=1S/C9H16N4O2/c1-4-15-9(14)7(10)8-11-5-12-13(8)6(2)3/h5-7H,4,10H2,1-3H3. The lowest BCUT2D eigenvalue weighted by atomic mass is 10.3. The molecule has 0 aliphatic rings. The van der Waals surface area contributed by atoms with E-state index in [4.69, 9.17) is 10.5 Å². The predicted molar refractivity (Wildman–Crippen MR) is 54.0 cm³/mol. The maximum atomic E-state index is 11.4. The fraction of sp³-hybridized carbons (Fsp3) is 0.667. The average molecular weight is 212 g/mol. The van der Waals surface area contributed by atoms with E-state index in [1.165, 1.54) is 6.33 Å². The van der Waals surface area contributed by atoms with Gasteiger partial charge in [-0.1, -0.05) is 0 Å². The van der Waals surface area contributed by atoms with Crippen LogP contribution >= 0.6 is 0 Å². The summed E-state index contributed by atoms with van der Waals surface area (Å²) in [5.74, 6) is -0.0455. The minimum absolute atomic E-state index is 0.114. The SMILES string of the molecule is CCOC(=O)C(N)c1ncnn1C(C)C. The van der Waals surface area contributed by atoms with E-state index < -0.39 is 12.0 Å². The lowest BCUT2D eigenvalue weighted by Crippen LogP contribution is -2.28. The van der Waals surface area contributed by atoms with Crippen molar-refractivity contribution in [3.63, 3.8) is 0 Å². The van der Waals surface area contributed by atoms with Gasteiger partial charge in [0.25, 0.3) is 0 Å². The Morgan fingerprint density at radius 3 is 2.87 bits per heavy atom. The lowest BCUT2D eigenvalue weighted by molar-refractivity contribution is -0.145. The van der Waals surface area contributed by atoms with Crippen LogP contribution in [0.1, 0.15) is 38.7 Å². The normalized spacial score (nSPS) is 12.9. The van der Waals surface area contributed by atoms with E-state index in [9.17, 15) is 4.79 Å². The van der Waals surface area contributed by atoms with Gasteiger partial charge >= 0.3 is 5.97 Å². The highest BCUT2D eigenvalue weighted by Crippen LogP contribution is 2.12. The van der Waals surface area contributed by atoms with Gasteiger partial charge in [0.05, 0.1) is 6.61 Å². The number of hydrogen-bond acceptors (Lipinski definition) is 5. The van der Waals surface area contributed by atoms with Crippen molar-refractivity contribution in [2.24, 2.45) is 5.73 Å². The summed E-state index contributed by atoms with van der Waals surface area (Å²) in [7, 11) is 0. The summed E-state index contributed by atoms with van der Waals surface area (Å²) in [6, 6.07) is -0.752. The molecule has 84 valence electrons. The van der Waals surface area contributed by atoms with Crippen LogP contribution in [0.2, 0.25) is 0 Å². The quantitative estimate of drug-likeness (QED) is 0.731. The first-order chi connectivity index (χ1) is 7.07. The van der Waals surface area contributed by atoms with Crippen molar-refractivity contribution in [1.82, 2.24) is 14.8 Å². The van der Waals surface area contributed by atoms with Crippen LogP contribution in [0.25, 0.3) is 0 Å². The van der Waals surface area contributed by atoms with Gasteiger partial charge in [-0.15, -0.1) is 0 Å². The van der Waals surface area contributed by atoms with E-state index >= 15 is 0 Å². The van der Waals surface area contributed by atoms with Crippen molar-refractivity contribution in [3.05, 3.63) is 12.2 Å². The summed E-state index contributed by atoms with van der Waals surface area (Å²) in [4.78, 5) is 15.4. The number of aromatic nitrogens is 3. The van der Waals surface area contributed by atoms with Gasteiger partial charge in [0.1, 0.15) is 6.33 Å². The Labute approximate surface area is 88.4 Å². The molecular formula is C9H16N4O2. The molecule has 0 saturated heterocycles. The number of nitrogens with zero attached hydrogens (tertiary/aromatic N) is 3. The smallest absolute Gasteiger partial charge is 0.330 e. The van der Waals surface area contributed by atoms with Crippen molar-refractivity contribution >= 4 is 5.97 Å². The van der Waals surface area contributed by atoms with E-state index in [1.54, 1.807) is 11.6 Å². The molecule has 1 aromatic heterocycles. The molecule has 1 unspecified atom stereocenters. The molecule has 0 fully saturated rings. The number of ether oxygens (including phenoxy) is 1. The van der Waals surface area contributed by atoms with Crippen LogP contribution in [-0.4, -0.2) is 27.3 Å². The molecule has 0 aromatic carbocycles. The number of hydrogen-bond donors (Lipinski definition) is 1. The highest BCUT2D eigenvalue weighted by Gasteiger charge is 2.23. The van der Waals surface area contributed by atoms with E-state index in [0.29, 0.717) is 12.4 Å². The highest BCUT2D eigenvalue weighted by molar-refractivity contribution is 5.76. The van der Waals surface area contributed by atoms with E-state index in [0.717, 1.165) is 0 Å². The van der Waals surface area contributed by atoms with E-state index in [-0.39, 0.29) is 6.04 Å². The van der Waals surface area contributed by atoms with Crippen molar-refractivity contribution in [1.29, 1.82) is 0 Å². The first kappa shape index (κ1) is 11.6. The van der Waals surface area contributed by atoms with Crippen LogP contribution in [0, 0.1) is 0 Å². The summed E-state index contributed by atoms with van der Waals surface area (Å²) in [6.45, 7) is 5.92. The Morgan fingerprint density at radius 2 is 2.33 bits per heavy atom. The fourth-order valence-corrected chi connectivity index (χ4v) is 1.22. The van der Waals surface area contributed by atoms with Crippen molar-refractivity contribution in [2.75, 3.05) is 6.61 Å². The molecule has 0 radical (unpaired) electrons. The highest BCUT2D eigenvalue weighted by atomic mass is 16.5. The Hall–Kier alpha value is -1.43. The van der Waals surface area contributed by atoms with Crippen LogP contribution in [0.4, 0.5) is 0 Å². The zero-order chi connectivity index (χ0) is 11.4. The third kappa shape index (κ3) is 2.53. The van der Waals surface area contributed by atoms with Gasteiger partial charge in [0, 0.05) is 6.04 Å². The Balaban J connectivity index is 2.85. The fourth-order valence-electron chi connectivity index (χ4n) is 1.22. The van der Waals surface area contributed by atoms with Gasteiger partial charge in [-0.25, -0.2) is 14.5 Å². The van der Waals surface area contributed by atoms with Crippen LogP contribution in [-0.2, 0) is 9.53 Å². The van der Waals surface area contributed by atoms with Gasteiger partial charge in [-0.3, -0.25) is 0 Å². The molecular weight excluding hydrogens is 196 g/mol. The van der Waals surface area contributed by atoms with E-state index in [1.807, 2.05) is 13.8 Å². The maximum Gasteiger partial charge on any atom is 0.330 e. The second-order valence-corrected chi connectivity index (χ2v) is 3.39. The Bertz CT molecular complexity index is 335. The minimum atomic E-state index is -0.866. The molecule has 0 bridgehead atoms. The number of carbonyl (C=O) groups is 1. The molecule has 0 aliphatic heterocycles. The van der Waals surface area contributed by atoms with Gasteiger partial charge in [-0.2, -0.15) is 5.10 Å². The van der Waals surface area contributed by atoms with Gasteiger partial charge in [-0.05, 0) is 20.8 Å². The zero-order valence-corrected chi connectivity index (χ0v) is 9.17. The largest absolute Gasteiger partial charge is 0.464 e. The van der Waals surface area contributed by atoms with Crippen LogP contribution in [0.3, 0.4) is 0 Å². The first-order valence-electron chi connectivity index (χ1n) is 4.89. The van der Waals surface area contributed by atoms with Crippen molar-refractivity contribution in [2.45, 2.75) is 32.9 Å².